The molecule has 0 radical (unpaired) electrons. The summed E-state index contributed by atoms with van der Waals surface area (Å²) in [4.78, 5) is 11.6. The molecule has 0 atom stereocenters. The Kier molecular flexibility index (Phi) is 4.79. The summed E-state index contributed by atoms with van der Waals surface area (Å²) in [6.45, 7) is 0. The molecule has 0 aliphatic carbocycles. The number of nitrogens with one attached hydrogen (secondary N) is 2. The number of ether oxygens (including phenoxy) is 1. The fraction of sp³-hybridized carbons (Fsp3) is 0.100. The van der Waals surface area contributed by atoms with Crippen LogP contribution in [0.1, 0.15) is 0 Å². The molecule has 4 aromatic rings. The fourth-order valence-corrected chi connectivity index (χ4v) is 2.82. The third-order valence-corrected chi connectivity index (χ3v) is 4.15. The van der Waals surface area contributed by atoms with Crippen LogP contribution in [0.5, 0.6) is 5.75 Å². The molecule has 9 heteroatoms. The molecule has 0 saturated heterocycles. The van der Waals surface area contributed by atoms with Gasteiger partial charge in [0, 0.05) is 28.9 Å². The maximum Gasteiger partial charge on any atom is 0.461 e. The minimum atomic E-state index is -4.62. The van der Waals surface area contributed by atoms with E-state index in [0.717, 1.165) is 22.5 Å². The van der Waals surface area contributed by atoms with E-state index in [1.54, 1.807) is 18.3 Å². The number of rotatable bonds is 6. The lowest BCUT2D eigenvalue weighted by atomic mass is 10.1. The van der Waals surface area contributed by atoms with E-state index in [9.17, 15) is 17.6 Å². The van der Waals surface area contributed by atoms with Crippen LogP contribution in [0, 0.1) is 0 Å². The van der Waals surface area contributed by atoms with Crippen LogP contribution in [0.15, 0.2) is 67.0 Å². The maximum atomic E-state index is 13.3. The summed E-state index contributed by atoms with van der Waals surface area (Å²) in [5.41, 5.74) is 2.39. The van der Waals surface area contributed by atoms with E-state index in [1.807, 2.05) is 24.3 Å². The van der Waals surface area contributed by atoms with Crippen LogP contribution in [0.4, 0.5) is 29.2 Å². The van der Waals surface area contributed by atoms with Crippen LogP contribution in [0.3, 0.4) is 0 Å². The molecule has 148 valence electrons. The molecule has 2 aromatic heterocycles. The van der Waals surface area contributed by atoms with Gasteiger partial charge in [-0.05, 0) is 24.3 Å². The molecular formula is C20H14F4N4O. The van der Waals surface area contributed by atoms with Crippen molar-refractivity contribution in [1.82, 2.24) is 15.0 Å². The molecule has 0 unspecified atom stereocenters. The Bertz CT molecular complexity index is 1150. The van der Waals surface area contributed by atoms with Crippen molar-refractivity contribution >= 4 is 22.5 Å². The van der Waals surface area contributed by atoms with Crippen molar-refractivity contribution in [2.45, 2.75) is 12.5 Å². The van der Waals surface area contributed by atoms with Crippen molar-refractivity contribution < 1.29 is 22.3 Å². The van der Waals surface area contributed by atoms with Gasteiger partial charge in [-0.3, -0.25) is 0 Å². The van der Waals surface area contributed by atoms with E-state index in [2.05, 4.69) is 25.0 Å². The molecule has 2 N–H and O–H groups in total. The molecule has 0 bridgehead atoms. The predicted octanol–water partition coefficient (Wildman–Crippen LogP) is 5.61. The van der Waals surface area contributed by atoms with Crippen LogP contribution in [0.2, 0.25) is 0 Å². The summed E-state index contributed by atoms with van der Waals surface area (Å²) in [6, 6.07) is 14.9. The lowest BCUT2D eigenvalue weighted by Crippen LogP contribution is -2.33. The second-order valence-electron chi connectivity index (χ2n) is 6.10. The van der Waals surface area contributed by atoms with Crippen LogP contribution in [-0.4, -0.2) is 27.5 Å². The van der Waals surface area contributed by atoms with Crippen LogP contribution in [-0.2, 0) is 0 Å². The van der Waals surface area contributed by atoms with E-state index in [0.29, 0.717) is 5.69 Å². The number of nitrogens with zero attached hydrogens (tertiary/aromatic N) is 2. The summed E-state index contributed by atoms with van der Waals surface area (Å²) < 4.78 is 55.8. The summed E-state index contributed by atoms with van der Waals surface area (Å²) in [7, 11) is 0. The Labute approximate surface area is 162 Å². The average molecular weight is 402 g/mol. The Morgan fingerprint density at radius 3 is 2.59 bits per heavy atom. The Morgan fingerprint density at radius 2 is 1.76 bits per heavy atom. The summed E-state index contributed by atoms with van der Waals surface area (Å²) in [5, 5.41) is 3.70. The van der Waals surface area contributed by atoms with Crippen molar-refractivity contribution in [2.75, 3.05) is 5.32 Å². The molecule has 0 spiro atoms. The molecule has 0 amide bonds. The smallest absolute Gasteiger partial charge is 0.426 e. The van der Waals surface area contributed by atoms with Gasteiger partial charge < -0.3 is 15.0 Å². The van der Waals surface area contributed by atoms with Crippen molar-refractivity contribution in [1.29, 1.82) is 0 Å². The predicted molar refractivity (Wildman–Crippen MR) is 101 cm³/mol. The van der Waals surface area contributed by atoms with Gasteiger partial charge in [-0.25, -0.2) is 9.97 Å². The molecule has 0 saturated carbocycles. The monoisotopic (exact) mass is 402 g/mol. The number of para-hydroxylation sites is 3. The van der Waals surface area contributed by atoms with E-state index < -0.39 is 18.3 Å². The van der Waals surface area contributed by atoms with Crippen molar-refractivity contribution in [3.8, 4) is 17.0 Å². The zero-order valence-corrected chi connectivity index (χ0v) is 14.7. The van der Waals surface area contributed by atoms with E-state index >= 15 is 0 Å². The lowest BCUT2D eigenvalue weighted by molar-refractivity contribution is -0.252. The molecule has 2 heterocycles. The SMILES string of the molecule is FC(F)C(F)(F)Oc1ccccc1Nc1nccc(-c2c[nH]c3ccccc23)n1. The van der Waals surface area contributed by atoms with Gasteiger partial charge in [-0.1, -0.05) is 30.3 Å². The molecule has 4 rings (SSSR count). The normalized spacial score (nSPS) is 11.8. The lowest BCUT2D eigenvalue weighted by Gasteiger charge is -2.19. The van der Waals surface area contributed by atoms with Gasteiger partial charge in [0.1, 0.15) is 5.75 Å². The van der Waals surface area contributed by atoms with E-state index in [-0.39, 0.29) is 11.6 Å². The van der Waals surface area contributed by atoms with Crippen LogP contribution in [0.25, 0.3) is 22.2 Å². The number of anilines is 2. The van der Waals surface area contributed by atoms with Crippen molar-refractivity contribution in [3.05, 3.63) is 67.0 Å². The first-order valence-electron chi connectivity index (χ1n) is 8.54. The molecule has 0 fully saturated rings. The number of alkyl halides is 4. The van der Waals surface area contributed by atoms with Gasteiger partial charge in [0.15, 0.2) is 0 Å². The van der Waals surface area contributed by atoms with Gasteiger partial charge in [0.05, 0.1) is 11.4 Å². The zero-order chi connectivity index (χ0) is 20.4. The number of aromatic amines is 1. The van der Waals surface area contributed by atoms with Crippen molar-refractivity contribution in [2.24, 2.45) is 0 Å². The number of H-pyrrole nitrogens is 1. The first-order chi connectivity index (χ1) is 13.9. The van der Waals surface area contributed by atoms with E-state index in [1.165, 1.54) is 18.3 Å². The molecule has 5 nitrogen and oxygen atoms in total. The first kappa shape index (κ1) is 18.7. The highest BCUT2D eigenvalue weighted by atomic mass is 19.3. The minimum absolute atomic E-state index is 0.0314. The summed E-state index contributed by atoms with van der Waals surface area (Å²) in [5.74, 6) is -0.344. The zero-order valence-electron chi connectivity index (χ0n) is 14.7. The number of benzene rings is 2. The van der Waals surface area contributed by atoms with Gasteiger partial charge in [-0.2, -0.15) is 17.6 Å². The van der Waals surface area contributed by atoms with Crippen LogP contribution >= 0.6 is 0 Å². The van der Waals surface area contributed by atoms with Gasteiger partial charge in [0.25, 0.3) is 0 Å². The standard InChI is InChI=1S/C20H14F4N4O/c21-18(22)20(23,24)29-17-8-4-3-7-16(17)28-19-25-10-9-15(27-19)13-11-26-14-6-2-1-5-12(13)14/h1-11,18,26H,(H,25,27,28). The average Bonchev–Trinajstić information content (AvgIpc) is 3.14. The third kappa shape index (κ3) is 3.84. The van der Waals surface area contributed by atoms with Gasteiger partial charge in [-0.15, -0.1) is 0 Å². The highest BCUT2D eigenvalue weighted by Crippen LogP contribution is 2.34. The Morgan fingerprint density at radius 1 is 1.00 bits per heavy atom. The quantitative estimate of drug-likeness (QED) is 0.412. The number of fused-ring (bicyclic) bond motifs is 1. The summed E-state index contributed by atoms with van der Waals surface area (Å²) >= 11 is 0. The minimum Gasteiger partial charge on any atom is -0.426 e. The molecule has 2 aromatic carbocycles. The van der Waals surface area contributed by atoms with Crippen molar-refractivity contribution in [3.63, 3.8) is 0 Å². The topological polar surface area (TPSA) is 62.8 Å². The van der Waals surface area contributed by atoms with Gasteiger partial charge >= 0.3 is 12.5 Å². The number of hydrogen-bond donors (Lipinski definition) is 2. The first-order valence-corrected chi connectivity index (χ1v) is 8.54. The number of hydrogen-bond acceptors (Lipinski definition) is 4. The van der Waals surface area contributed by atoms with Gasteiger partial charge in [0.2, 0.25) is 5.95 Å². The van der Waals surface area contributed by atoms with Crippen LogP contribution < -0.4 is 10.1 Å². The number of halogens is 4. The highest BCUT2D eigenvalue weighted by Gasteiger charge is 2.44. The molecule has 0 aliphatic rings. The maximum absolute atomic E-state index is 13.3. The molecule has 0 aliphatic heterocycles. The Hall–Kier alpha value is -3.62. The molecular weight excluding hydrogens is 388 g/mol. The second kappa shape index (κ2) is 7.42. The second-order valence-corrected chi connectivity index (χ2v) is 6.10. The Balaban J connectivity index is 1.64. The summed E-state index contributed by atoms with van der Waals surface area (Å²) in [6.07, 6.45) is -5.28. The third-order valence-electron chi connectivity index (χ3n) is 4.15. The fourth-order valence-electron chi connectivity index (χ4n) is 2.82. The molecule has 29 heavy (non-hydrogen) atoms. The number of aromatic nitrogens is 3. The largest absolute Gasteiger partial charge is 0.461 e. The van der Waals surface area contributed by atoms with E-state index in [4.69, 9.17) is 0 Å². The highest BCUT2D eigenvalue weighted by molar-refractivity contribution is 5.94.